The van der Waals surface area contributed by atoms with Crippen molar-refractivity contribution >= 4 is 29.0 Å². The summed E-state index contributed by atoms with van der Waals surface area (Å²) >= 11 is 5.88. The molecule has 0 saturated heterocycles. The molecule has 0 fully saturated rings. The van der Waals surface area contributed by atoms with Crippen LogP contribution in [0.25, 0.3) is 0 Å². The molecule has 8 nitrogen and oxygen atoms in total. The molecule has 0 aliphatic carbocycles. The first kappa shape index (κ1) is 18.9. The largest absolute Gasteiger partial charge is 0.586 e. The van der Waals surface area contributed by atoms with E-state index in [1.165, 1.54) is 29.1 Å². The van der Waals surface area contributed by atoms with E-state index in [2.05, 4.69) is 30.2 Å². The number of carbonyl (C=O) groups is 1. The second-order valence-corrected chi connectivity index (χ2v) is 6.54. The number of aryl methyl sites for hydroxylation is 1. The number of amides is 1. The number of carbonyl (C=O) groups excluding carboxylic acids is 1. The Labute approximate surface area is 168 Å². The van der Waals surface area contributed by atoms with Crippen LogP contribution in [-0.4, -0.2) is 27.0 Å². The summed E-state index contributed by atoms with van der Waals surface area (Å²) in [5, 5.41) is 10.2. The number of rotatable bonds is 5. The Hall–Kier alpha value is -3.40. The summed E-state index contributed by atoms with van der Waals surface area (Å²) in [6.45, 7) is 0.390. The third-order valence-corrected chi connectivity index (χ3v) is 4.30. The predicted octanol–water partition coefficient (Wildman–Crippen LogP) is 3.65. The van der Waals surface area contributed by atoms with Crippen molar-refractivity contribution in [1.82, 2.24) is 14.8 Å². The molecule has 0 radical (unpaired) electrons. The average Bonchev–Trinajstić information content (AvgIpc) is 3.17. The average molecular weight is 422 g/mol. The highest BCUT2D eigenvalue weighted by molar-refractivity contribution is 6.29. The number of alkyl halides is 2. The van der Waals surface area contributed by atoms with Crippen molar-refractivity contribution in [2.24, 2.45) is 7.05 Å². The molecule has 0 bridgehead atoms. The molecule has 0 saturated carbocycles. The van der Waals surface area contributed by atoms with Gasteiger partial charge >= 0.3 is 6.29 Å². The molecule has 4 rings (SSSR count). The number of ether oxygens (including phenoxy) is 2. The van der Waals surface area contributed by atoms with Gasteiger partial charge in [-0.1, -0.05) is 11.6 Å². The molecule has 150 valence electrons. The molecular formula is C18H14ClF2N5O3. The van der Waals surface area contributed by atoms with Gasteiger partial charge < -0.3 is 20.1 Å². The summed E-state index contributed by atoms with van der Waals surface area (Å²) in [5.74, 6) is -0.263. The monoisotopic (exact) mass is 421 g/mol. The van der Waals surface area contributed by atoms with Crippen molar-refractivity contribution in [3.8, 4) is 11.5 Å². The summed E-state index contributed by atoms with van der Waals surface area (Å²) in [6, 6.07) is 7.48. The van der Waals surface area contributed by atoms with E-state index in [1.807, 2.05) is 0 Å². The Morgan fingerprint density at radius 3 is 2.83 bits per heavy atom. The fourth-order valence-electron chi connectivity index (χ4n) is 2.78. The SMILES string of the molecule is Cn1ncc(C(=O)Nc2ccc3c(c2)OC(F)(F)O3)c1NCc1ccnc(Cl)c1. The molecule has 29 heavy (non-hydrogen) atoms. The van der Waals surface area contributed by atoms with E-state index in [0.717, 1.165) is 5.56 Å². The van der Waals surface area contributed by atoms with Gasteiger partial charge in [-0.05, 0) is 29.8 Å². The van der Waals surface area contributed by atoms with E-state index < -0.39 is 12.2 Å². The fourth-order valence-corrected chi connectivity index (χ4v) is 2.97. The molecule has 3 heterocycles. The van der Waals surface area contributed by atoms with Crippen LogP contribution >= 0.6 is 11.6 Å². The van der Waals surface area contributed by atoms with Gasteiger partial charge in [0.05, 0.1) is 6.20 Å². The maximum absolute atomic E-state index is 13.1. The topological polar surface area (TPSA) is 90.3 Å². The predicted molar refractivity (Wildman–Crippen MR) is 100 cm³/mol. The van der Waals surface area contributed by atoms with Gasteiger partial charge in [0.2, 0.25) is 0 Å². The van der Waals surface area contributed by atoms with Crippen LogP contribution < -0.4 is 20.1 Å². The summed E-state index contributed by atoms with van der Waals surface area (Å²) in [7, 11) is 1.68. The first-order valence-corrected chi connectivity index (χ1v) is 8.76. The Kier molecular flexibility index (Phi) is 4.71. The van der Waals surface area contributed by atoms with Crippen LogP contribution in [0, 0.1) is 0 Å². The maximum atomic E-state index is 13.1. The number of nitrogens with one attached hydrogen (secondary N) is 2. The number of benzene rings is 1. The zero-order valence-corrected chi connectivity index (χ0v) is 15.7. The van der Waals surface area contributed by atoms with Crippen LogP contribution in [0.2, 0.25) is 5.15 Å². The van der Waals surface area contributed by atoms with Gasteiger partial charge in [-0.25, -0.2) is 4.98 Å². The normalized spacial score (nSPS) is 13.9. The number of fused-ring (bicyclic) bond motifs is 1. The van der Waals surface area contributed by atoms with E-state index in [1.54, 1.807) is 25.4 Å². The van der Waals surface area contributed by atoms with E-state index >= 15 is 0 Å². The lowest BCUT2D eigenvalue weighted by atomic mass is 10.2. The third kappa shape index (κ3) is 4.06. The van der Waals surface area contributed by atoms with Crippen LogP contribution in [0.15, 0.2) is 42.7 Å². The molecule has 11 heteroatoms. The third-order valence-electron chi connectivity index (χ3n) is 4.09. The van der Waals surface area contributed by atoms with Gasteiger partial charge in [-0.3, -0.25) is 9.48 Å². The number of pyridine rings is 1. The van der Waals surface area contributed by atoms with Crippen LogP contribution in [0.4, 0.5) is 20.3 Å². The smallest absolute Gasteiger partial charge is 0.395 e. The van der Waals surface area contributed by atoms with Crippen molar-refractivity contribution < 1.29 is 23.0 Å². The molecule has 1 aliphatic heterocycles. The second kappa shape index (κ2) is 7.21. The molecule has 3 aromatic rings. The number of hydrogen-bond acceptors (Lipinski definition) is 6. The molecule has 1 aromatic carbocycles. The molecule has 2 N–H and O–H groups in total. The van der Waals surface area contributed by atoms with Crippen LogP contribution in [0.1, 0.15) is 15.9 Å². The Bertz CT molecular complexity index is 1090. The highest BCUT2D eigenvalue weighted by Gasteiger charge is 2.43. The minimum Gasteiger partial charge on any atom is -0.395 e. The van der Waals surface area contributed by atoms with Crippen molar-refractivity contribution in [1.29, 1.82) is 0 Å². The van der Waals surface area contributed by atoms with E-state index in [0.29, 0.717) is 17.5 Å². The first-order valence-electron chi connectivity index (χ1n) is 8.38. The first-order chi connectivity index (χ1) is 13.8. The van der Waals surface area contributed by atoms with Gasteiger partial charge in [0.25, 0.3) is 5.91 Å². The molecule has 0 atom stereocenters. The van der Waals surface area contributed by atoms with Gasteiger partial charge in [-0.2, -0.15) is 5.10 Å². The zero-order valence-electron chi connectivity index (χ0n) is 14.9. The summed E-state index contributed by atoms with van der Waals surface area (Å²) in [4.78, 5) is 16.6. The summed E-state index contributed by atoms with van der Waals surface area (Å²) in [6.07, 6.45) is -0.737. The van der Waals surface area contributed by atoms with Crippen molar-refractivity contribution in [2.75, 3.05) is 10.6 Å². The second-order valence-electron chi connectivity index (χ2n) is 6.15. The van der Waals surface area contributed by atoms with E-state index in [9.17, 15) is 13.6 Å². The molecule has 2 aromatic heterocycles. The number of halogens is 3. The standard InChI is InChI=1S/C18H14ClF2N5O3/c1-26-16(23-8-10-4-5-22-15(19)6-10)12(9-24-26)17(27)25-11-2-3-13-14(7-11)29-18(20,21)28-13/h2-7,9,23H,8H2,1H3,(H,25,27). The lowest BCUT2D eigenvalue weighted by Crippen LogP contribution is -2.25. The van der Waals surface area contributed by atoms with Gasteiger partial charge in [0.1, 0.15) is 16.5 Å². The quantitative estimate of drug-likeness (QED) is 0.611. The van der Waals surface area contributed by atoms with Crippen LogP contribution in [0.5, 0.6) is 11.5 Å². The summed E-state index contributed by atoms with van der Waals surface area (Å²) in [5.41, 5.74) is 1.41. The Morgan fingerprint density at radius 2 is 2.03 bits per heavy atom. The highest BCUT2D eigenvalue weighted by Crippen LogP contribution is 2.42. The van der Waals surface area contributed by atoms with Gasteiger partial charge in [0, 0.05) is 31.5 Å². The molecule has 1 aliphatic rings. The van der Waals surface area contributed by atoms with E-state index in [4.69, 9.17) is 11.6 Å². The fraction of sp³-hybridized carbons (Fsp3) is 0.167. The zero-order chi connectivity index (χ0) is 20.6. The van der Waals surface area contributed by atoms with Crippen molar-refractivity contribution in [2.45, 2.75) is 12.8 Å². The minimum absolute atomic E-state index is 0.104. The Morgan fingerprint density at radius 1 is 1.24 bits per heavy atom. The van der Waals surface area contributed by atoms with Crippen LogP contribution in [-0.2, 0) is 13.6 Å². The molecule has 0 unspecified atom stereocenters. The summed E-state index contributed by atoms with van der Waals surface area (Å²) < 4.78 is 36.5. The van der Waals surface area contributed by atoms with Crippen molar-refractivity contribution in [3.63, 3.8) is 0 Å². The van der Waals surface area contributed by atoms with Crippen LogP contribution in [0.3, 0.4) is 0 Å². The number of anilines is 2. The molecular weight excluding hydrogens is 408 g/mol. The van der Waals surface area contributed by atoms with Gasteiger partial charge in [-0.15, -0.1) is 8.78 Å². The lowest BCUT2D eigenvalue weighted by molar-refractivity contribution is -0.286. The molecule has 1 amide bonds. The number of nitrogens with zero attached hydrogens (tertiary/aromatic N) is 3. The minimum atomic E-state index is -3.72. The van der Waals surface area contributed by atoms with Gasteiger partial charge in [0.15, 0.2) is 11.5 Å². The van der Waals surface area contributed by atoms with Crippen molar-refractivity contribution in [3.05, 3.63) is 59.0 Å². The molecule has 0 spiro atoms. The maximum Gasteiger partial charge on any atom is 0.586 e. The highest BCUT2D eigenvalue weighted by atomic mass is 35.5. The Balaban J connectivity index is 1.49. The van der Waals surface area contributed by atoms with E-state index in [-0.39, 0.29) is 22.7 Å². The number of hydrogen-bond donors (Lipinski definition) is 2. The lowest BCUT2D eigenvalue weighted by Gasteiger charge is -2.10. The number of aromatic nitrogens is 3.